The number of hydrogen-bond donors (Lipinski definition) is 3. The number of aromatic hydroxyl groups is 1. The van der Waals surface area contributed by atoms with E-state index in [0.717, 1.165) is 27.1 Å². The van der Waals surface area contributed by atoms with Crippen molar-refractivity contribution >= 4 is 33.4 Å². The highest BCUT2D eigenvalue weighted by molar-refractivity contribution is 6.01. The third kappa shape index (κ3) is 4.05. The number of aliphatic carboxylic acids is 1. The lowest BCUT2D eigenvalue weighted by Gasteiger charge is -2.19. The molecule has 3 aromatic carbocycles. The van der Waals surface area contributed by atoms with Crippen LogP contribution in [0.4, 0.5) is 0 Å². The largest absolute Gasteiger partial charge is 0.508 e. The van der Waals surface area contributed by atoms with Crippen molar-refractivity contribution < 1.29 is 19.8 Å². The van der Waals surface area contributed by atoms with E-state index in [1.54, 1.807) is 22.9 Å². The Labute approximate surface area is 177 Å². The van der Waals surface area contributed by atoms with Crippen LogP contribution in [0.2, 0.25) is 0 Å². The van der Waals surface area contributed by atoms with Crippen LogP contribution in [0.25, 0.3) is 21.5 Å². The van der Waals surface area contributed by atoms with Gasteiger partial charge in [0, 0.05) is 23.4 Å². The second kappa shape index (κ2) is 8.20. The summed E-state index contributed by atoms with van der Waals surface area (Å²) in [6.07, 6.45) is 1.98. The van der Waals surface area contributed by atoms with Crippen LogP contribution in [0.1, 0.15) is 17.3 Å². The molecular formula is C24H19N3O4. The van der Waals surface area contributed by atoms with Crippen LogP contribution in [0.15, 0.2) is 66.9 Å². The number of phenolic OH excluding ortho intramolecular Hbond substituents is 1. The SMILES string of the molecule is N#Cc1c2cc3ccccc3cc2cn1[C@@H](Cc1ccc(O)cc1)C(=O)NCC(=O)O. The molecule has 0 fully saturated rings. The molecule has 1 heterocycles. The maximum Gasteiger partial charge on any atom is 0.322 e. The summed E-state index contributed by atoms with van der Waals surface area (Å²) in [5.41, 5.74) is 1.09. The Balaban J connectivity index is 1.83. The van der Waals surface area contributed by atoms with E-state index in [1.807, 2.05) is 36.4 Å². The van der Waals surface area contributed by atoms with E-state index in [9.17, 15) is 20.0 Å². The fraction of sp³-hybridized carbons (Fsp3) is 0.125. The van der Waals surface area contributed by atoms with Crippen molar-refractivity contribution in [3.8, 4) is 11.8 Å². The highest BCUT2D eigenvalue weighted by atomic mass is 16.4. The number of amides is 1. The fourth-order valence-corrected chi connectivity index (χ4v) is 3.74. The molecule has 0 bridgehead atoms. The molecule has 0 aliphatic heterocycles. The van der Waals surface area contributed by atoms with Crippen LogP contribution in [0.3, 0.4) is 0 Å². The number of aromatic nitrogens is 1. The van der Waals surface area contributed by atoms with Crippen LogP contribution < -0.4 is 5.32 Å². The van der Waals surface area contributed by atoms with Crippen molar-refractivity contribution in [2.45, 2.75) is 12.5 Å². The zero-order valence-corrected chi connectivity index (χ0v) is 16.4. The molecule has 31 heavy (non-hydrogen) atoms. The number of hydrogen-bond acceptors (Lipinski definition) is 4. The van der Waals surface area contributed by atoms with Crippen molar-refractivity contribution in [1.82, 2.24) is 9.88 Å². The fourth-order valence-electron chi connectivity index (χ4n) is 3.74. The first-order chi connectivity index (χ1) is 15.0. The lowest BCUT2D eigenvalue weighted by atomic mass is 10.0. The van der Waals surface area contributed by atoms with Crippen LogP contribution in [0, 0.1) is 11.3 Å². The van der Waals surface area contributed by atoms with Gasteiger partial charge in [-0.25, -0.2) is 0 Å². The number of carbonyl (C=O) groups excluding carboxylic acids is 1. The van der Waals surface area contributed by atoms with Crippen LogP contribution in [0.5, 0.6) is 5.75 Å². The molecule has 3 N–H and O–H groups in total. The van der Waals surface area contributed by atoms with Crippen LogP contribution in [-0.2, 0) is 16.0 Å². The van der Waals surface area contributed by atoms with Crippen molar-refractivity contribution in [1.29, 1.82) is 5.26 Å². The second-order valence-corrected chi connectivity index (χ2v) is 7.28. The maximum atomic E-state index is 12.9. The van der Waals surface area contributed by atoms with Gasteiger partial charge in [0.15, 0.2) is 0 Å². The van der Waals surface area contributed by atoms with E-state index in [2.05, 4.69) is 11.4 Å². The Morgan fingerprint density at radius 1 is 1.03 bits per heavy atom. The van der Waals surface area contributed by atoms with Gasteiger partial charge in [-0.05, 0) is 40.6 Å². The molecular weight excluding hydrogens is 394 g/mol. The molecule has 0 radical (unpaired) electrons. The predicted molar refractivity (Wildman–Crippen MR) is 116 cm³/mol. The summed E-state index contributed by atoms with van der Waals surface area (Å²) in [6.45, 7) is -0.516. The maximum absolute atomic E-state index is 12.9. The lowest BCUT2D eigenvalue weighted by molar-refractivity contribution is -0.138. The number of benzene rings is 3. The number of phenols is 1. The number of rotatable bonds is 6. The summed E-state index contributed by atoms with van der Waals surface area (Å²) in [4.78, 5) is 23.9. The van der Waals surface area contributed by atoms with Crippen LogP contribution in [-0.4, -0.2) is 33.2 Å². The Morgan fingerprint density at radius 2 is 1.71 bits per heavy atom. The summed E-state index contributed by atoms with van der Waals surface area (Å²) in [5.74, 6) is -1.55. The molecule has 0 spiro atoms. The minimum absolute atomic E-state index is 0.103. The highest BCUT2D eigenvalue weighted by Gasteiger charge is 2.25. The first-order valence-electron chi connectivity index (χ1n) is 9.67. The number of nitriles is 1. The molecule has 4 aromatic rings. The lowest BCUT2D eigenvalue weighted by Crippen LogP contribution is -2.37. The number of fused-ring (bicyclic) bond motifs is 2. The number of carbonyl (C=O) groups is 2. The molecule has 1 atom stereocenters. The van der Waals surface area contributed by atoms with E-state index in [1.165, 1.54) is 12.1 Å². The number of carboxylic acid groups (broad SMARTS) is 1. The predicted octanol–water partition coefficient (Wildman–Crippen LogP) is 3.36. The van der Waals surface area contributed by atoms with Gasteiger partial charge < -0.3 is 20.1 Å². The third-order valence-corrected chi connectivity index (χ3v) is 5.23. The molecule has 0 unspecified atom stereocenters. The van der Waals surface area contributed by atoms with Gasteiger partial charge in [-0.3, -0.25) is 9.59 Å². The summed E-state index contributed by atoms with van der Waals surface area (Å²) in [5, 5.41) is 34.4. The van der Waals surface area contributed by atoms with E-state index in [4.69, 9.17) is 5.11 Å². The van der Waals surface area contributed by atoms with Gasteiger partial charge in [-0.2, -0.15) is 5.26 Å². The zero-order chi connectivity index (χ0) is 22.0. The topological polar surface area (TPSA) is 115 Å². The molecule has 0 saturated carbocycles. The highest BCUT2D eigenvalue weighted by Crippen LogP contribution is 2.30. The molecule has 7 heteroatoms. The van der Waals surface area contributed by atoms with Crippen molar-refractivity contribution in [2.24, 2.45) is 0 Å². The zero-order valence-electron chi connectivity index (χ0n) is 16.4. The number of nitrogens with zero attached hydrogens (tertiary/aromatic N) is 2. The van der Waals surface area contributed by atoms with Gasteiger partial charge in [-0.1, -0.05) is 36.4 Å². The Hall–Kier alpha value is -4.31. The quantitative estimate of drug-likeness (QED) is 0.448. The van der Waals surface area contributed by atoms with Crippen molar-refractivity contribution in [2.75, 3.05) is 6.54 Å². The van der Waals surface area contributed by atoms with Gasteiger partial charge in [0.25, 0.3) is 0 Å². The minimum atomic E-state index is -1.15. The van der Waals surface area contributed by atoms with Gasteiger partial charge in [0.05, 0.1) is 0 Å². The molecule has 0 aliphatic carbocycles. The number of nitrogens with one attached hydrogen (secondary N) is 1. The third-order valence-electron chi connectivity index (χ3n) is 5.23. The van der Waals surface area contributed by atoms with Gasteiger partial charge in [0.1, 0.15) is 30.1 Å². The Bertz CT molecular complexity index is 1330. The standard InChI is InChI=1S/C24H19N3O4/c25-12-22-20-11-17-4-2-1-3-16(17)10-18(20)14-27(22)21(24(31)26-13-23(29)30)9-15-5-7-19(28)8-6-15/h1-8,10-11,14,21,28H,9,13H2,(H,26,31)(H,29,30)/t21-/m0/s1. The monoisotopic (exact) mass is 413 g/mol. The molecule has 0 saturated heterocycles. The van der Waals surface area contributed by atoms with Crippen LogP contribution >= 0.6 is 0 Å². The molecule has 154 valence electrons. The Morgan fingerprint density at radius 3 is 2.35 bits per heavy atom. The summed E-state index contributed by atoms with van der Waals surface area (Å²) in [7, 11) is 0. The van der Waals surface area contributed by atoms with Gasteiger partial charge >= 0.3 is 5.97 Å². The van der Waals surface area contributed by atoms with Gasteiger partial charge in [-0.15, -0.1) is 0 Å². The average molecular weight is 413 g/mol. The van der Waals surface area contributed by atoms with E-state index in [0.29, 0.717) is 5.69 Å². The number of carboxylic acids is 1. The molecule has 4 rings (SSSR count). The van der Waals surface area contributed by atoms with Gasteiger partial charge in [0.2, 0.25) is 5.91 Å². The van der Waals surface area contributed by atoms with Crippen molar-refractivity contribution in [3.63, 3.8) is 0 Å². The summed E-state index contributed by atoms with van der Waals surface area (Å²) < 4.78 is 1.60. The van der Waals surface area contributed by atoms with E-state index in [-0.39, 0.29) is 12.2 Å². The first-order valence-corrected chi connectivity index (χ1v) is 9.67. The molecule has 0 aliphatic rings. The second-order valence-electron chi connectivity index (χ2n) is 7.28. The molecule has 1 amide bonds. The molecule has 7 nitrogen and oxygen atoms in total. The summed E-state index contributed by atoms with van der Waals surface area (Å²) >= 11 is 0. The normalized spacial score (nSPS) is 11.8. The minimum Gasteiger partial charge on any atom is -0.508 e. The molecule has 1 aromatic heterocycles. The van der Waals surface area contributed by atoms with E-state index >= 15 is 0 Å². The Kier molecular flexibility index (Phi) is 5.29. The van der Waals surface area contributed by atoms with E-state index < -0.39 is 24.5 Å². The first kappa shape index (κ1) is 20.0. The summed E-state index contributed by atoms with van der Waals surface area (Å²) in [6, 6.07) is 19.5. The smallest absolute Gasteiger partial charge is 0.322 e. The van der Waals surface area contributed by atoms with Crippen molar-refractivity contribution in [3.05, 3.63) is 78.1 Å². The average Bonchev–Trinajstić information content (AvgIpc) is 3.12.